The lowest BCUT2D eigenvalue weighted by Gasteiger charge is -2.25. The van der Waals surface area contributed by atoms with Crippen molar-refractivity contribution in [2.75, 3.05) is 26.9 Å². The fourth-order valence-electron chi connectivity index (χ4n) is 3.90. The van der Waals surface area contributed by atoms with Crippen molar-refractivity contribution in [3.05, 3.63) is 64.7 Å². The van der Waals surface area contributed by atoms with Crippen molar-refractivity contribution in [2.45, 2.75) is 39.8 Å². The maximum absolute atomic E-state index is 13.0. The van der Waals surface area contributed by atoms with Gasteiger partial charge in [0.2, 0.25) is 0 Å². The Morgan fingerprint density at radius 3 is 2.39 bits per heavy atom. The SMILES string of the molecule is CCOc1ccc([C@@H]2C(=C(O)c3ccc(OC(C)C)c(C)c3)C(=O)C(=O)N2CCOC)cc1. The number of aliphatic hydroxyl groups is 1. The second-order valence-corrected chi connectivity index (χ2v) is 8.13. The molecule has 0 spiro atoms. The van der Waals surface area contributed by atoms with Crippen LogP contribution in [0.5, 0.6) is 11.5 Å². The van der Waals surface area contributed by atoms with Crippen molar-refractivity contribution < 1.29 is 28.9 Å². The molecule has 176 valence electrons. The summed E-state index contributed by atoms with van der Waals surface area (Å²) in [7, 11) is 1.53. The molecule has 0 unspecified atom stereocenters. The van der Waals surface area contributed by atoms with Crippen LogP contribution >= 0.6 is 0 Å². The molecular weight excluding hydrogens is 422 g/mol. The normalized spacial score (nSPS) is 17.6. The molecule has 0 radical (unpaired) electrons. The topological polar surface area (TPSA) is 85.3 Å². The number of ketones is 1. The molecule has 1 aliphatic heterocycles. The molecular formula is C26H31NO6. The monoisotopic (exact) mass is 453 g/mol. The van der Waals surface area contributed by atoms with Crippen LogP contribution in [0, 0.1) is 6.92 Å². The van der Waals surface area contributed by atoms with Crippen molar-refractivity contribution >= 4 is 17.4 Å². The number of nitrogens with zero attached hydrogens (tertiary/aromatic N) is 1. The van der Waals surface area contributed by atoms with Gasteiger partial charge in [-0.3, -0.25) is 9.59 Å². The zero-order valence-electron chi connectivity index (χ0n) is 19.8. The first kappa shape index (κ1) is 24.3. The Morgan fingerprint density at radius 1 is 1.12 bits per heavy atom. The molecule has 0 aliphatic carbocycles. The molecule has 1 saturated heterocycles. The van der Waals surface area contributed by atoms with E-state index in [1.54, 1.807) is 42.5 Å². The maximum atomic E-state index is 13.0. The average Bonchev–Trinajstić information content (AvgIpc) is 3.03. The minimum absolute atomic E-state index is 0.00826. The number of carbonyl (C=O) groups is 2. The largest absolute Gasteiger partial charge is 0.507 e. The highest BCUT2D eigenvalue weighted by atomic mass is 16.5. The van der Waals surface area contributed by atoms with Crippen LogP contribution in [0.25, 0.3) is 5.76 Å². The number of ether oxygens (including phenoxy) is 3. The number of rotatable bonds is 9. The van der Waals surface area contributed by atoms with Gasteiger partial charge in [0, 0.05) is 19.2 Å². The zero-order chi connectivity index (χ0) is 24.1. The molecule has 1 heterocycles. The summed E-state index contributed by atoms with van der Waals surface area (Å²) in [6.45, 7) is 8.65. The average molecular weight is 454 g/mol. The highest BCUT2D eigenvalue weighted by Crippen LogP contribution is 2.40. The van der Waals surface area contributed by atoms with Crippen molar-refractivity contribution in [3.8, 4) is 11.5 Å². The molecule has 2 aromatic carbocycles. The summed E-state index contributed by atoms with van der Waals surface area (Å²) in [5.74, 6) is -0.213. The lowest BCUT2D eigenvalue weighted by molar-refractivity contribution is -0.140. The van der Waals surface area contributed by atoms with Crippen LogP contribution in [0.15, 0.2) is 48.0 Å². The Bertz CT molecular complexity index is 1040. The molecule has 7 nitrogen and oxygen atoms in total. The predicted octanol–water partition coefficient (Wildman–Crippen LogP) is 4.25. The number of Topliss-reactive ketones (excluding diaryl/α,β-unsaturated/α-hetero) is 1. The molecule has 0 saturated carbocycles. The molecule has 1 N–H and O–H groups in total. The first-order chi connectivity index (χ1) is 15.8. The van der Waals surface area contributed by atoms with Gasteiger partial charge in [0.05, 0.1) is 30.9 Å². The first-order valence-electron chi connectivity index (χ1n) is 11.1. The van der Waals surface area contributed by atoms with Gasteiger partial charge in [0.25, 0.3) is 11.7 Å². The van der Waals surface area contributed by atoms with E-state index in [4.69, 9.17) is 14.2 Å². The molecule has 3 rings (SSSR count). The van der Waals surface area contributed by atoms with Crippen molar-refractivity contribution in [1.82, 2.24) is 4.90 Å². The summed E-state index contributed by atoms with van der Waals surface area (Å²) in [5, 5.41) is 11.2. The van der Waals surface area contributed by atoms with Crippen LogP contribution in [0.3, 0.4) is 0 Å². The first-order valence-corrected chi connectivity index (χ1v) is 11.1. The van der Waals surface area contributed by atoms with Crippen molar-refractivity contribution in [3.63, 3.8) is 0 Å². The third-order valence-electron chi connectivity index (χ3n) is 5.39. The van der Waals surface area contributed by atoms with Gasteiger partial charge in [0.15, 0.2) is 0 Å². The van der Waals surface area contributed by atoms with E-state index in [2.05, 4.69) is 0 Å². The number of likely N-dealkylation sites (tertiary alicyclic amines) is 1. The summed E-state index contributed by atoms with van der Waals surface area (Å²) >= 11 is 0. The molecule has 1 fully saturated rings. The number of aryl methyl sites for hydroxylation is 1. The van der Waals surface area contributed by atoms with E-state index in [0.29, 0.717) is 29.2 Å². The predicted molar refractivity (Wildman–Crippen MR) is 125 cm³/mol. The highest BCUT2D eigenvalue weighted by Gasteiger charge is 2.45. The number of benzene rings is 2. The summed E-state index contributed by atoms with van der Waals surface area (Å²) in [6, 6.07) is 11.7. The number of hydrogen-bond acceptors (Lipinski definition) is 6. The van der Waals surface area contributed by atoms with E-state index < -0.39 is 17.7 Å². The van der Waals surface area contributed by atoms with Gasteiger partial charge in [-0.05, 0) is 69.2 Å². The summed E-state index contributed by atoms with van der Waals surface area (Å²) in [4.78, 5) is 27.4. The van der Waals surface area contributed by atoms with E-state index >= 15 is 0 Å². The summed E-state index contributed by atoms with van der Waals surface area (Å²) in [6.07, 6.45) is 0.00826. The second kappa shape index (κ2) is 10.5. The van der Waals surface area contributed by atoms with Gasteiger partial charge in [-0.25, -0.2) is 0 Å². The fraction of sp³-hybridized carbons (Fsp3) is 0.385. The van der Waals surface area contributed by atoms with Gasteiger partial charge >= 0.3 is 0 Å². The molecule has 1 atom stereocenters. The van der Waals surface area contributed by atoms with E-state index in [9.17, 15) is 14.7 Å². The lowest BCUT2D eigenvalue weighted by Crippen LogP contribution is -2.32. The standard InChI is InChI=1S/C26H31NO6/c1-6-32-20-10-7-18(8-11-20)23-22(25(29)26(30)27(23)13-14-31-5)24(28)19-9-12-21(17(4)15-19)33-16(2)3/h7-12,15-16,23,28H,6,13-14H2,1-5H3/t23-/m1/s1. The number of aliphatic hydroxyl groups excluding tert-OH is 1. The van der Waals surface area contributed by atoms with E-state index in [1.807, 2.05) is 27.7 Å². The minimum atomic E-state index is -0.734. The smallest absolute Gasteiger partial charge is 0.295 e. The van der Waals surface area contributed by atoms with Crippen LogP contribution in [-0.4, -0.2) is 54.7 Å². The number of amides is 1. The highest BCUT2D eigenvalue weighted by molar-refractivity contribution is 6.46. The molecule has 1 aliphatic rings. The van der Waals surface area contributed by atoms with Crippen LogP contribution in [-0.2, 0) is 14.3 Å². The van der Waals surface area contributed by atoms with Gasteiger partial charge in [-0.1, -0.05) is 12.1 Å². The van der Waals surface area contributed by atoms with Crippen molar-refractivity contribution in [1.29, 1.82) is 0 Å². The van der Waals surface area contributed by atoms with Crippen LogP contribution in [0.4, 0.5) is 0 Å². The molecule has 1 amide bonds. The molecule has 33 heavy (non-hydrogen) atoms. The third kappa shape index (κ3) is 5.20. The Morgan fingerprint density at radius 2 is 1.82 bits per heavy atom. The Hall–Kier alpha value is -3.32. The van der Waals surface area contributed by atoms with Gasteiger partial charge in [0.1, 0.15) is 17.3 Å². The minimum Gasteiger partial charge on any atom is -0.507 e. The molecule has 2 aromatic rings. The van der Waals surface area contributed by atoms with Gasteiger partial charge < -0.3 is 24.2 Å². The Balaban J connectivity index is 2.09. The van der Waals surface area contributed by atoms with E-state index in [-0.39, 0.29) is 30.6 Å². The fourth-order valence-corrected chi connectivity index (χ4v) is 3.90. The second-order valence-electron chi connectivity index (χ2n) is 8.13. The number of carbonyl (C=O) groups excluding carboxylic acids is 2. The summed E-state index contributed by atoms with van der Waals surface area (Å²) < 4.78 is 16.4. The zero-order valence-corrected chi connectivity index (χ0v) is 19.8. The number of methoxy groups -OCH3 is 1. The van der Waals surface area contributed by atoms with Crippen LogP contribution in [0.1, 0.15) is 43.5 Å². The van der Waals surface area contributed by atoms with Crippen LogP contribution in [0.2, 0.25) is 0 Å². The Labute approximate surface area is 194 Å². The molecule has 0 bridgehead atoms. The van der Waals surface area contributed by atoms with E-state index in [0.717, 1.165) is 5.56 Å². The Kier molecular flexibility index (Phi) is 7.76. The number of hydrogen-bond donors (Lipinski definition) is 1. The van der Waals surface area contributed by atoms with Crippen LogP contribution < -0.4 is 9.47 Å². The summed E-state index contributed by atoms with van der Waals surface area (Å²) in [5.41, 5.74) is 2.02. The van der Waals surface area contributed by atoms with Crippen molar-refractivity contribution in [2.24, 2.45) is 0 Å². The lowest BCUT2D eigenvalue weighted by atomic mass is 9.94. The van der Waals surface area contributed by atoms with Gasteiger partial charge in [-0.2, -0.15) is 0 Å². The quantitative estimate of drug-likeness (QED) is 0.347. The maximum Gasteiger partial charge on any atom is 0.295 e. The van der Waals surface area contributed by atoms with E-state index in [1.165, 1.54) is 12.0 Å². The molecule has 0 aromatic heterocycles. The third-order valence-corrected chi connectivity index (χ3v) is 5.39. The van der Waals surface area contributed by atoms with Gasteiger partial charge in [-0.15, -0.1) is 0 Å². The molecule has 7 heteroatoms.